The molecule has 1 aliphatic carbocycles. The molecule has 9 heteroatoms. The lowest BCUT2D eigenvalue weighted by Gasteiger charge is -2.34. The monoisotopic (exact) mass is 573 g/mol. The number of carbonyl (C=O) groups is 3. The standard InChI is InChI=1S/C30H34Cl2FN3O3/c1-30(11-12-30)29(39)35-13-9-20(10-14-35)28(38)36-17-23(21-5-8-24(31)25(32)16-21)26(18-36)34(2)27(37)15-19-3-6-22(33)7-4-19/h3-8,16,20,23,26H,9-15,17-18H2,1-2H3/t23-,26+/m0/s1. The lowest BCUT2D eigenvalue weighted by molar-refractivity contribution is -0.142. The predicted octanol–water partition coefficient (Wildman–Crippen LogP) is 5.17. The van der Waals surface area contributed by atoms with Gasteiger partial charge in [0.25, 0.3) is 0 Å². The van der Waals surface area contributed by atoms with Crippen molar-refractivity contribution < 1.29 is 18.8 Å². The molecule has 3 aliphatic rings. The number of hydrogen-bond acceptors (Lipinski definition) is 3. The summed E-state index contributed by atoms with van der Waals surface area (Å²) >= 11 is 12.5. The average molecular weight is 575 g/mol. The number of likely N-dealkylation sites (tertiary alicyclic amines) is 2. The van der Waals surface area contributed by atoms with Gasteiger partial charge in [0.15, 0.2) is 0 Å². The van der Waals surface area contributed by atoms with Gasteiger partial charge in [0, 0.05) is 50.5 Å². The Hall–Kier alpha value is -2.64. The Morgan fingerprint density at radius 2 is 1.64 bits per heavy atom. The number of hydrogen-bond donors (Lipinski definition) is 0. The van der Waals surface area contributed by atoms with E-state index in [2.05, 4.69) is 0 Å². The van der Waals surface area contributed by atoms with Crippen LogP contribution >= 0.6 is 23.2 Å². The fraction of sp³-hybridized carbons (Fsp3) is 0.500. The summed E-state index contributed by atoms with van der Waals surface area (Å²) in [6, 6.07) is 11.1. The maximum atomic E-state index is 13.7. The van der Waals surface area contributed by atoms with Crippen LogP contribution in [0.5, 0.6) is 0 Å². The van der Waals surface area contributed by atoms with E-state index in [0.29, 0.717) is 49.1 Å². The van der Waals surface area contributed by atoms with E-state index in [-0.39, 0.29) is 53.3 Å². The number of piperidine rings is 1. The van der Waals surface area contributed by atoms with Crippen molar-refractivity contribution >= 4 is 40.9 Å². The summed E-state index contributed by atoms with van der Waals surface area (Å²) in [6.45, 7) is 4.11. The van der Waals surface area contributed by atoms with Gasteiger partial charge < -0.3 is 14.7 Å². The highest BCUT2D eigenvalue weighted by Crippen LogP contribution is 2.47. The first kappa shape index (κ1) is 27.9. The topological polar surface area (TPSA) is 60.9 Å². The SMILES string of the molecule is CN(C(=O)Cc1ccc(F)cc1)[C@@H]1CN(C(=O)C2CCN(C(=O)C3(C)CC3)CC2)C[C@H]1c1ccc(Cl)c(Cl)c1. The van der Waals surface area contributed by atoms with Crippen LogP contribution in [0.25, 0.3) is 0 Å². The third kappa shape index (κ3) is 5.94. The number of nitrogens with zero attached hydrogens (tertiary/aromatic N) is 3. The van der Waals surface area contributed by atoms with Crippen LogP contribution < -0.4 is 0 Å². The second-order valence-corrected chi connectivity index (χ2v) is 12.3. The molecule has 0 unspecified atom stereocenters. The van der Waals surface area contributed by atoms with Gasteiger partial charge in [0.1, 0.15) is 5.82 Å². The highest BCUT2D eigenvalue weighted by atomic mass is 35.5. The molecule has 2 saturated heterocycles. The molecule has 3 fully saturated rings. The molecule has 0 bridgehead atoms. The van der Waals surface area contributed by atoms with E-state index >= 15 is 0 Å². The predicted molar refractivity (Wildman–Crippen MR) is 149 cm³/mol. The molecule has 3 amide bonds. The van der Waals surface area contributed by atoms with Crippen LogP contribution in [0.2, 0.25) is 10.0 Å². The largest absolute Gasteiger partial charge is 0.342 e. The van der Waals surface area contributed by atoms with E-state index in [0.717, 1.165) is 24.0 Å². The third-order valence-electron chi connectivity index (χ3n) is 8.78. The molecule has 2 atom stereocenters. The number of halogens is 3. The maximum absolute atomic E-state index is 13.7. The van der Waals surface area contributed by atoms with Gasteiger partial charge in [-0.05, 0) is 61.1 Å². The molecule has 39 heavy (non-hydrogen) atoms. The smallest absolute Gasteiger partial charge is 0.228 e. The molecule has 2 aromatic rings. The first-order chi connectivity index (χ1) is 18.6. The van der Waals surface area contributed by atoms with Gasteiger partial charge in [0.2, 0.25) is 17.7 Å². The minimum atomic E-state index is -0.346. The van der Waals surface area contributed by atoms with Crippen molar-refractivity contribution in [1.82, 2.24) is 14.7 Å². The van der Waals surface area contributed by atoms with Gasteiger partial charge in [-0.1, -0.05) is 48.3 Å². The second kappa shape index (κ2) is 11.1. The van der Waals surface area contributed by atoms with Gasteiger partial charge in [-0.3, -0.25) is 14.4 Å². The summed E-state index contributed by atoms with van der Waals surface area (Å²) in [5.74, 6) is -0.438. The van der Waals surface area contributed by atoms with Crippen LogP contribution in [0.3, 0.4) is 0 Å². The average Bonchev–Trinajstić information content (AvgIpc) is 3.53. The van der Waals surface area contributed by atoms with Crippen molar-refractivity contribution in [3.8, 4) is 0 Å². The Labute approximate surface area is 239 Å². The van der Waals surface area contributed by atoms with E-state index in [4.69, 9.17) is 23.2 Å². The Morgan fingerprint density at radius 3 is 2.26 bits per heavy atom. The van der Waals surface area contributed by atoms with Crippen molar-refractivity contribution in [3.05, 3.63) is 69.5 Å². The van der Waals surface area contributed by atoms with E-state index in [9.17, 15) is 18.8 Å². The first-order valence-corrected chi connectivity index (χ1v) is 14.3. The lowest BCUT2D eigenvalue weighted by atomic mass is 9.93. The molecule has 0 N–H and O–H groups in total. The maximum Gasteiger partial charge on any atom is 0.228 e. The number of carbonyl (C=O) groups excluding carboxylic acids is 3. The molecular formula is C30H34Cl2FN3O3. The second-order valence-electron chi connectivity index (χ2n) is 11.5. The van der Waals surface area contributed by atoms with Gasteiger partial charge in [-0.25, -0.2) is 4.39 Å². The Kier molecular flexibility index (Phi) is 7.93. The molecule has 2 heterocycles. The zero-order valence-electron chi connectivity index (χ0n) is 22.3. The Bertz CT molecular complexity index is 1260. The molecule has 208 valence electrons. The van der Waals surface area contributed by atoms with E-state index in [1.54, 1.807) is 30.1 Å². The van der Waals surface area contributed by atoms with Crippen molar-refractivity contribution in [1.29, 1.82) is 0 Å². The highest BCUT2D eigenvalue weighted by Gasteiger charge is 2.48. The van der Waals surface area contributed by atoms with Crippen LogP contribution in [0, 0.1) is 17.2 Å². The molecular weight excluding hydrogens is 540 g/mol. The number of rotatable bonds is 6. The lowest BCUT2D eigenvalue weighted by Crippen LogP contribution is -2.46. The van der Waals surface area contributed by atoms with Gasteiger partial charge in [0.05, 0.1) is 22.5 Å². The van der Waals surface area contributed by atoms with Gasteiger partial charge >= 0.3 is 0 Å². The molecule has 6 nitrogen and oxygen atoms in total. The fourth-order valence-corrected chi connectivity index (χ4v) is 6.19. The number of benzene rings is 2. The summed E-state index contributed by atoms with van der Waals surface area (Å²) in [5, 5.41) is 0.879. The normalized spacial score (nSPS) is 22.6. The first-order valence-electron chi connectivity index (χ1n) is 13.6. The van der Waals surface area contributed by atoms with Crippen LogP contribution in [0.15, 0.2) is 42.5 Å². The van der Waals surface area contributed by atoms with E-state index in [1.165, 1.54) is 12.1 Å². The fourth-order valence-electron chi connectivity index (χ4n) is 5.89. The highest BCUT2D eigenvalue weighted by molar-refractivity contribution is 6.42. The van der Waals surface area contributed by atoms with Crippen molar-refractivity contribution in [2.24, 2.45) is 11.3 Å². The Morgan fingerprint density at radius 1 is 0.974 bits per heavy atom. The van der Waals surface area contributed by atoms with Gasteiger partial charge in [-0.15, -0.1) is 0 Å². The molecule has 0 spiro atoms. The number of amides is 3. The molecule has 5 rings (SSSR count). The van der Waals surface area contributed by atoms with Crippen molar-refractivity contribution in [2.75, 3.05) is 33.2 Å². The van der Waals surface area contributed by atoms with Crippen LogP contribution in [-0.4, -0.2) is 71.7 Å². The molecule has 0 radical (unpaired) electrons. The summed E-state index contributed by atoms with van der Waals surface area (Å²) < 4.78 is 13.3. The molecule has 2 aromatic carbocycles. The third-order valence-corrected chi connectivity index (χ3v) is 9.52. The van der Waals surface area contributed by atoms with Gasteiger partial charge in [-0.2, -0.15) is 0 Å². The summed E-state index contributed by atoms with van der Waals surface area (Å²) in [5.41, 5.74) is 1.45. The van der Waals surface area contributed by atoms with Crippen molar-refractivity contribution in [2.45, 2.75) is 51.0 Å². The minimum absolute atomic E-state index is 0.0756. The zero-order valence-corrected chi connectivity index (χ0v) is 23.8. The van der Waals surface area contributed by atoms with Crippen LogP contribution in [0.4, 0.5) is 4.39 Å². The minimum Gasteiger partial charge on any atom is -0.342 e. The van der Waals surface area contributed by atoms with Crippen LogP contribution in [-0.2, 0) is 20.8 Å². The summed E-state index contributed by atoms with van der Waals surface area (Å²) in [7, 11) is 1.76. The molecule has 1 saturated carbocycles. The van der Waals surface area contributed by atoms with E-state index < -0.39 is 0 Å². The van der Waals surface area contributed by atoms with E-state index in [1.807, 2.05) is 28.9 Å². The summed E-state index contributed by atoms with van der Waals surface area (Å²) in [6.07, 6.45) is 3.34. The van der Waals surface area contributed by atoms with Crippen molar-refractivity contribution in [3.63, 3.8) is 0 Å². The summed E-state index contributed by atoms with van der Waals surface area (Å²) in [4.78, 5) is 45.2. The zero-order chi connectivity index (χ0) is 27.9. The molecule has 0 aromatic heterocycles. The quantitative estimate of drug-likeness (QED) is 0.479. The molecule has 2 aliphatic heterocycles. The Balaban J connectivity index is 1.30. The van der Waals surface area contributed by atoms with Crippen LogP contribution in [0.1, 0.15) is 49.7 Å². The number of likely N-dealkylation sites (N-methyl/N-ethyl adjacent to an activating group) is 1.